The number of carbonyl (C=O) groups excluding carboxylic acids is 1. The van der Waals surface area contributed by atoms with Crippen LogP contribution in [0, 0.1) is 12.8 Å². The second-order valence-electron chi connectivity index (χ2n) is 5.93. The molecule has 1 aliphatic rings. The summed E-state index contributed by atoms with van der Waals surface area (Å²) in [5.41, 5.74) is 0.274. The van der Waals surface area contributed by atoms with Gasteiger partial charge in [0.2, 0.25) is 11.8 Å². The second kappa shape index (κ2) is 6.87. The molecule has 134 valence electrons. The van der Waals surface area contributed by atoms with Crippen molar-refractivity contribution in [1.82, 2.24) is 5.16 Å². The van der Waals surface area contributed by atoms with Crippen LogP contribution in [0.5, 0.6) is 0 Å². The first-order valence-corrected chi connectivity index (χ1v) is 7.89. The third kappa shape index (κ3) is 3.84. The first-order chi connectivity index (χ1) is 11.9. The van der Waals surface area contributed by atoms with Gasteiger partial charge in [0.1, 0.15) is 0 Å². The number of nitrogens with zero attached hydrogens (tertiary/aromatic N) is 1. The lowest BCUT2D eigenvalue weighted by Gasteiger charge is -2.20. The lowest BCUT2D eigenvalue weighted by Crippen LogP contribution is -2.28. The first kappa shape index (κ1) is 17.5. The van der Waals surface area contributed by atoms with Crippen LogP contribution in [-0.4, -0.2) is 24.3 Å². The molecule has 1 fully saturated rings. The van der Waals surface area contributed by atoms with E-state index in [1.54, 1.807) is 6.92 Å². The van der Waals surface area contributed by atoms with E-state index in [-0.39, 0.29) is 23.3 Å². The normalized spacial score (nSPS) is 16.0. The highest BCUT2D eigenvalue weighted by Crippen LogP contribution is 2.36. The maximum absolute atomic E-state index is 12.9. The Labute approximate surface area is 142 Å². The van der Waals surface area contributed by atoms with Crippen molar-refractivity contribution in [3.8, 4) is 11.1 Å². The zero-order valence-corrected chi connectivity index (χ0v) is 13.5. The number of hydrogen-bond acceptors (Lipinski definition) is 4. The Kier molecular flexibility index (Phi) is 4.80. The lowest BCUT2D eigenvalue weighted by molar-refractivity contribution is -0.137. The van der Waals surface area contributed by atoms with Crippen molar-refractivity contribution in [3.05, 3.63) is 35.5 Å². The van der Waals surface area contributed by atoms with Crippen LogP contribution in [-0.2, 0) is 15.7 Å². The second-order valence-corrected chi connectivity index (χ2v) is 5.93. The number of benzene rings is 1. The molecule has 1 aromatic heterocycles. The number of amides is 1. The summed E-state index contributed by atoms with van der Waals surface area (Å²) in [6.07, 6.45) is -3.26. The number of nitrogens with one attached hydrogen (secondary N) is 1. The number of rotatable bonds is 3. The summed E-state index contributed by atoms with van der Waals surface area (Å²) in [6, 6.07) is 4.85. The number of ether oxygens (including phenoxy) is 1. The summed E-state index contributed by atoms with van der Waals surface area (Å²) in [4.78, 5) is 12.4. The Morgan fingerprint density at radius 1 is 1.28 bits per heavy atom. The van der Waals surface area contributed by atoms with Gasteiger partial charge in [-0.2, -0.15) is 13.2 Å². The molecule has 1 aromatic carbocycles. The van der Waals surface area contributed by atoms with Crippen molar-refractivity contribution in [2.24, 2.45) is 5.92 Å². The van der Waals surface area contributed by atoms with Gasteiger partial charge in [-0.1, -0.05) is 17.3 Å². The summed E-state index contributed by atoms with van der Waals surface area (Å²) in [5.74, 6) is -0.394. The van der Waals surface area contributed by atoms with Crippen molar-refractivity contribution >= 4 is 11.8 Å². The SMILES string of the molecule is Cc1noc(NC(=O)C2CCOCC2)c1-c1cccc(C(F)(F)F)c1. The molecule has 5 nitrogen and oxygen atoms in total. The number of aromatic nitrogens is 1. The maximum Gasteiger partial charge on any atom is 0.416 e. The minimum Gasteiger partial charge on any atom is -0.381 e. The Hall–Kier alpha value is -2.35. The minimum atomic E-state index is -4.45. The molecule has 0 aliphatic carbocycles. The minimum absolute atomic E-state index is 0.0633. The fourth-order valence-electron chi connectivity index (χ4n) is 2.82. The predicted molar refractivity (Wildman–Crippen MR) is 83.9 cm³/mol. The molecule has 0 atom stereocenters. The van der Waals surface area contributed by atoms with E-state index in [0.717, 1.165) is 12.1 Å². The zero-order valence-electron chi connectivity index (χ0n) is 13.5. The third-order valence-electron chi connectivity index (χ3n) is 4.17. The van der Waals surface area contributed by atoms with Crippen molar-refractivity contribution < 1.29 is 27.2 Å². The molecule has 0 unspecified atom stereocenters. The van der Waals surface area contributed by atoms with Gasteiger partial charge in [0.25, 0.3) is 0 Å². The smallest absolute Gasteiger partial charge is 0.381 e. The molecule has 2 heterocycles. The summed E-state index contributed by atoms with van der Waals surface area (Å²) in [6.45, 7) is 2.63. The van der Waals surface area contributed by atoms with Gasteiger partial charge in [0.05, 0.1) is 16.8 Å². The summed E-state index contributed by atoms with van der Waals surface area (Å²) in [7, 11) is 0. The van der Waals surface area contributed by atoms with E-state index in [1.807, 2.05) is 0 Å². The summed E-state index contributed by atoms with van der Waals surface area (Å²) >= 11 is 0. The van der Waals surface area contributed by atoms with Gasteiger partial charge in [-0.3, -0.25) is 10.1 Å². The number of aryl methyl sites for hydroxylation is 1. The Balaban J connectivity index is 1.88. The summed E-state index contributed by atoms with van der Waals surface area (Å²) < 4.78 is 49.2. The Morgan fingerprint density at radius 3 is 2.68 bits per heavy atom. The standard InChI is InChI=1S/C17H17F3N2O3/c1-10-14(12-3-2-4-13(9-12)17(18,19)20)16(25-22-10)21-15(23)11-5-7-24-8-6-11/h2-4,9,11H,5-8H2,1H3,(H,21,23). The quantitative estimate of drug-likeness (QED) is 0.904. The van der Waals surface area contributed by atoms with Crippen LogP contribution in [0.15, 0.2) is 28.8 Å². The Morgan fingerprint density at radius 2 is 2.00 bits per heavy atom. The van der Waals surface area contributed by atoms with Gasteiger partial charge in [-0.25, -0.2) is 0 Å². The van der Waals surface area contributed by atoms with Crippen LogP contribution in [0.3, 0.4) is 0 Å². The highest BCUT2D eigenvalue weighted by atomic mass is 19.4. The average molecular weight is 354 g/mol. The predicted octanol–water partition coefficient (Wildman–Crippen LogP) is 4.03. The largest absolute Gasteiger partial charge is 0.416 e. The van der Waals surface area contributed by atoms with E-state index in [0.29, 0.717) is 37.3 Å². The average Bonchev–Trinajstić information content (AvgIpc) is 2.95. The zero-order chi connectivity index (χ0) is 18.0. The number of alkyl halides is 3. The van der Waals surface area contributed by atoms with Crippen molar-refractivity contribution in [2.45, 2.75) is 25.9 Å². The molecule has 1 aliphatic heterocycles. The molecule has 1 amide bonds. The monoisotopic (exact) mass is 354 g/mol. The number of hydrogen-bond donors (Lipinski definition) is 1. The number of halogens is 3. The molecule has 0 spiro atoms. The molecular weight excluding hydrogens is 337 g/mol. The van der Waals surface area contributed by atoms with Gasteiger partial charge in [-0.15, -0.1) is 0 Å². The first-order valence-electron chi connectivity index (χ1n) is 7.89. The van der Waals surface area contributed by atoms with E-state index < -0.39 is 11.7 Å². The molecule has 0 radical (unpaired) electrons. The fraction of sp³-hybridized carbons (Fsp3) is 0.412. The maximum atomic E-state index is 12.9. The topological polar surface area (TPSA) is 64.4 Å². The van der Waals surface area contributed by atoms with E-state index in [2.05, 4.69) is 10.5 Å². The Bertz CT molecular complexity index is 765. The highest BCUT2D eigenvalue weighted by Gasteiger charge is 2.31. The molecule has 8 heteroatoms. The van der Waals surface area contributed by atoms with Gasteiger partial charge in [0.15, 0.2) is 0 Å². The molecule has 0 bridgehead atoms. The van der Waals surface area contributed by atoms with E-state index >= 15 is 0 Å². The molecule has 2 aromatic rings. The van der Waals surface area contributed by atoms with Crippen molar-refractivity contribution in [2.75, 3.05) is 18.5 Å². The molecule has 1 N–H and O–H groups in total. The van der Waals surface area contributed by atoms with E-state index in [4.69, 9.17) is 9.26 Å². The molecular formula is C17H17F3N2O3. The van der Waals surface area contributed by atoms with Gasteiger partial charge < -0.3 is 9.26 Å². The van der Waals surface area contributed by atoms with Crippen LogP contribution in [0.1, 0.15) is 24.1 Å². The van der Waals surface area contributed by atoms with Crippen LogP contribution in [0.2, 0.25) is 0 Å². The molecule has 1 saturated heterocycles. The molecule has 0 saturated carbocycles. The lowest BCUT2D eigenvalue weighted by atomic mass is 9.99. The van der Waals surface area contributed by atoms with Crippen molar-refractivity contribution in [1.29, 1.82) is 0 Å². The van der Waals surface area contributed by atoms with Gasteiger partial charge in [-0.05, 0) is 37.5 Å². The van der Waals surface area contributed by atoms with Crippen LogP contribution in [0.4, 0.5) is 19.1 Å². The van der Waals surface area contributed by atoms with E-state index in [1.165, 1.54) is 12.1 Å². The van der Waals surface area contributed by atoms with Gasteiger partial charge in [0, 0.05) is 19.1 Å². The summed E-state index contributed by atoms with van der Waals surface area (Å²) in [5, 5.41) is 6.44. The van der Waals surface area contributed by atoms with E-state index in [9.17, 15) is 18.0 Å². The van der Waals surface area contributed by atoms with Crippen LogP contribution < -0.4 is 5.32 Å². The number of anilines is 1. The van der Waals surface area contributed by atoms with Crippen molar-refractivity contribution in [3.63, 3.8) is 0 Å². The third-order valence-corrected chi connectivity index (χ3v) is 4.17. The fourth-order valence-corrected chi connectivity index (χ4v) is 2.82. The number of carbonyl (C=O) groups is 1. The van der Waals surface area contributed by atoms with Crippen LogP contribution >= 0.6 is 0 Å². The molecule has 25 heavy (non-hydrogen) atoms. The van der Waals surface area contributed by atoms with Gasteiger partial charge >= 0.3 is 6.18 Å². The van der Waals surface area contributed by atoms with Crippen LogP contribution in [0.25, 0.3) is 11.1 Å². The molecule has 3 rings (SSSR count). The highest BCUT2D eigenvalue weighted by molar-refractivity contribution is 5.95.